The summed E-state index contributed by atoms with van der Waals surface area (Å²) in [4.78, 5) is 0.0357. The van der Waals surface area contributed by atoms with E-state index < -0.39 is 10.0 Å². The Balaban J connectivity index is 2.54. The zero-order valence-electron chi connectivity index (χ0n) is 11.3. The van der Waals surface area contributed by atoms with Crippen molar-refractivity contribution in [1.82, 2.24) is 0 Å². The third kappa shape index (κ3) is 2.92. The fourth-order valence-electron chi connectivity index (χ4n) is 1.99. The van der Waals surface area contributed by atoms with Gasteiger partial charge >= 0.3 is 0 Å². The van der Waals surface area contributed by atoms with Gasteiger partial charge in [0.05, 0.1) is 4.90 Å². The quantitative estimate of drug-likeness (QED) is 0.755. The van der Waals surface area contributed by atoms with Crippen molar-refractivity contribution in [3.05, 3.63) is 47.5 Å². The minimum Gasteiger partial charge on any atom is -0.399 e. The monoisotopic (exact) mass is 291 g/mol. The molecule has 0 radical (unpaired) electrons. The van der Waals surface area contributed by atoms with Crippen LogP contribution >= 0.6 is 0 Å². The molecule has 5 N–H and O–H groups in total. The van der Waals surface area contributed by atoms with Crippen LogP contribution in [0.3, 0.4) is 0 Å². The fraction of sp³-hybridized carbons (Fsp3) is 0.143. The highest BCUT2D eigenvalue weighted by Crippen LogP contribution is 2.29. The normalized spacial score (nSPS) is 11.3. The summed E-state index contributed by atoms with van der Waals surface area (Å²) in [5.41, 5.74) is 9.21. The van der Waals surface area contributed by atoms with Gasteiger partial charge in [0, 0.05) is 17.1 Å². The van der Waals surface area contributed by atoms with Gasteiger partial charge in [0.1, 0.15) is 0 Å². The molecule has 0 unspecified atom stereocenters. The Morgan fingerprint density at radius 2 is 1.70 bits per heavy atom. The number of primary sulfonamides is 1. The highest BCUT2D eigenvalue weighted by atomic mass is 32.2. The van der Waals surface area contributed by atoms with Crippen LogP contribution in [0, 0.1) is 13.8 Å². The molecule has 0 heterocycles. The van der Waals surface area contributed by atoms with Gasteiger partial charge < -0.3 is 11.1 Å². The predicted molar refractivity (Wildman–Crippen MR) is 81.4 cm³/mol. The topological polar surface area (TPSA) is 98.2 Å². The Hall–Kier alpha value is -2.05. The molecule has 0 atom stereocenters. The van der Waals surface area contributed by atoms with Crippen LogP contribution in [-0.4, -0.2) is 8.42 Å². The molecule has 20 heavy (non-hydrogen) atoms. The zero-order valence-corrected chi connectivity index (χ0v) is 12.2. The molecule has 5 nitrogen and oxygen atoms in total. The SMILES string of the molecule is Cc1ccccc1Nc1cc(N)cc(S(N)(=O)=O)c1C. The number of hydrogen-bond acceptors (Lipinski definition) is 4. The van der Waals surface area contributed by atoms with Crippen molar-refractivity contribution >= 4 is 27.1 Å². The maximum atomic E-state index is 11.6. The number of rotatable bonds is 3. The van der Waals surface area contributed by atoms with Gasteiger partial charge in [-0.05, 0) is 43.2 Å². The third-order valence-electron chi connectivity index (χ3n) is 3.10. The molecule has 0 saturated carbocycles. The number of benzene rings is 2. The summed E-state index contributed by atoms with van der Waals surface area (Å²) >= 11 is 0. The first kappa shape index (κ1) is 14.4. The van der Waals surface area contributed by atoms with Gasteiger partial charge in [-0.15, -0.1) is 0 Å². The minimum absolute atomic E-state index is 0.0357. The molecular formula is C14H17N3O2S. The van der Waals surface area contributed by atoms with Crippen LogP contribution in [-0.2, 0) is 10.0 Å². The number of nitrogens with two attached hydrogens (primary N) is 2. The fourth-order valence-corrected chi connectivity index (χ4v) is 2.83. The molecule has 0 aliphatic heterocycles. The largest absolute Gasteiger partial charge is 0.399 e. The van der Waals surface area contributed by atoms with Crippen molar-refractivity contribution in [2.75, 3.05) is 11.1 Å². The van der Waals surface area contributed by atoms with Crippen molar-refractivity contribution in [1.29, 1.82) is 0 Å². The van der Waals surface area contributed by atoms with E-state index in [1.807, 2.05) is 31.2 Å². The summed E-state index contributed by atoms with van der Waals surface area (Å²) in [6, 6.07) is 10.8. The number of hydrogen-bond donors (Lipinski definition) is 3. The van der Waals surface area contributed by atoms with Gasteiger partial charge in [0.15, 0.2) is 0 Å². The number of nitrogen functional groups attached to an aromatic ring is 1. The lowest BCUT2D eigenvalue weighted by Gasteiger charge is -2.15. The third-order valence-corrected chi connectivity index (χ3v) is 4.14. The molecule has 0 bridgehead atoms. The Morgan fingerprint density at radius 3 is 2.30 bits per heavy atom. The van der Waals surface area contributed by atoms with E-state index in [4.69, 9.17) is 10.9 Å². The van der Waals surface area contributed by atoms with E-state index in [2.05, 4.69) is 5.32 Å². The second-order valence-electron chi connectivity index (χ2n) is 4.68. The standard InChI is InChI=1S/C14H17N3O2S/c1-9-5-3-4-6-12(9)17-13-7-11(15)8-14(10(13)2)20(16,18)19/h3-8,17H,15H2,1-2H3,(H2,16,18,19). The summed E-state index contributed by atoms with van der Waals surface area (Å²) in [6.45, 7) is 3.66. The summed E-state index contributed by atoms with van der Waals surface area (Å²) in [6.07, 6.45) is 0. The highest BCUT2D eigenvalue weighted by Gasteiger charge is 2.15. The summed E-state index contributed by atoms with van der Waals surface area (Å²) in [5.74, 6) is 0. The van der Waals surface area contributed by atoms with Crippen molar-refractivity contribution in [2.24, 2.45) is 5.14 Å². The Labute approximate surface area is 118 Å². The summed E-state index contributed by atoms with van der Waals surface area (Å²) in [7, 11) is -3.80. The van der Waals surface area contributed by atoms with Gasteiger partial charge in [-0.3, -0.25) is 0 Å². The Morgan fingerprint density at radius 1 is 1.05 bits per heavy atom. The van der Waals surface area contributed by atoms with Gasteiger partial charge in [-0.25, -0.2) is 13.6 Å². The molecular weight excluding hydrogens is 274 g/mol. The molecule has 2 rings (SSSR count). The van der Waals surface area contributed by atoms with E-state index in [-0.39, 0.29) is 4.90 Å². The van der Waals surface area contributed by atoms with Crippen molar-refractivity contribution < 1.29 is 8.42 Å². The molecule has 0 fully saturated rings. The molecule has 0 amide bonds. The van der Waals surface area contributed by atoms with Gasteiger partial charge in [-0.1, -0.05) is 18.2 Å². The molecule has 0 aliphatic rings. The minimum atomic E-state index is -3.80. The van der Waals surface area contributed by atoms with E-state index in [0.717, 1.165) is 11.3 Å². The van der Waals surface area contributed by atoms with Crippen molar-refractivity contribution in [3.8, 4) is 0 Å². The maximum absolute atomic E-state index is 11.6. The molecule has 0 saturated heterocycles. The first-order chi connectivity index (χ1) is 9.29. The highest BCUT2D eigenvalue weighted by molar-refractivity contribution is 7.89. The molecule has 2 aromatic carbocycles. The average Bonchev–Trinajstić information content (AvgIpc) is 2.34. The zero-order chi connectivity index (χ0) is 14.9. The summed E-state index contributed by atoms with van der Waals surface area (Å²) in [5, 5.41) is 8.40. The average molecular weight is 291 g/mol. The molecule has 2 aromatic rings. The van der Waals surface area contributed by atoms with Crippen LogP contribution in [0.15, 0.2) is 41.3 Å². The van der Waals surface area contributed by atoms with Crippen LogP contribution in [0.5, 0.6) is 0 Å². The number of nitrogens with one attached hydrogen (secondary N) is 1. The van der Waals surface area contributed by atoms with E-state index in [9.17, 15) is 8.42 Å². The van der Waals surface area contributed by atoms with Crippen LogP contribution in [0.25, 0.3) is 0 Å². The van der Waals surface area contributed by atoms with E-state index >= 15 is 0 Å². The lowest BCUT2D eigenvalue weighted by atomic mass is 10.1. The van der Waals surface area contributed by atoms with Gasteiger partial charge in [0.25, 0.3) is 0 Å². The van der Waals surface area contributed by atoms with Crippen LogP contribution < -0.4 is 16.2 Å². The molecule has 6 heteroatoms. The number of sulfonamides is 1. The number of para-hydroxylation sites is 1. The molecule has 0 aliphatic carbocycles. The Kier molecular flexibility index (Phi) is 3.69. The number of aryl methyl sites for hydroxylation is 1. The maximum Gasteiger partial charge on any atom is 0.238 e. The second kappa shape index (κ2) is 5.15. The van der Waals surface area contributed by atoms with Crippen molar-refractivity contribution in [3.63, 3.8) is 0 Å². The van der Waals surface area contributed by atoms with E-state index in [1.165, 1.54) is 6.07 Å². The van der Waals surface area contributed by atoms with Crippen molar-refractivity contribution in [2.45, 2.75) is 18.7 Å². The van der Waals surface area contributed by atoms with Crippen LogP contribution in [0.1, 0.15) is 11.1 Å². The lowest BCUT2D eigenvalue weighted by Crippen LogP contribution is -2.15. The Bertz CT molecular complexity index is 755. The first-order valence-corrected chi connectivity index (χ1v) is 7.59. The molecule has 106 valence electrons. The van der Waals surface area contributed by atoms with Crippen LogP contribution in [0.4, 0.5) is 17.1 Å². The van der Waals surface area contributed by atoms with E-state index in [1.54, 1.807) is 13.0 Å². The summed E-state index contributed by atoms with van der Waals surface area (Å²) < 4.78 is 23.1. The smallest absolute Gasteiger partial charge is 0.238 e. The second-order valence-corrected chi connectivity index (χ2v) is 6.21. The first-order valence-electron chi connectivity index (χ1n) is 6.04. The molecule has 0 spiro atoms. The van der Waals surface area contributed by atoms with E-state index in [0.29, 0.717) is 16.9 Å². The van der Waals surface area contributed by atoms with Gasteiger partial charge in [0.2, 0.25) is 10.0 Å². The number of anilines is 3. The van der Waals surface area contributed by atoms with Gasteiger partial charge in [-0.2, -0.15) is 0 Å². The predicted octanol–water partition coefficient (Wildman–Crippen LogP) is 2.28. The van der Waals surface area contributed by atoms with Crippen LogP contribution in [0.2, 0.25) is 0 Å². The lowest BCUT2D eigenvalue weighted by molar-refractivity contribution is 0.597. The molecule has 0 aromatic heterocycles.